The van der Waals surface area contributed by atoms with Gasteiger partial charge in [0.2, 0.25) is 5.91 Å². The lowest BCUT2D eigenvalue weighted by molar-refractivity contribution is -0.133. The Morgan fingerprint density at radius 2 is 1.70 bits per heavy atom. The van der Waals surface area contributed by atoms with Crippen LogP contribution in [-0.2, 0) is 21.3 Å². The first-order chi connectivity index (χ1) is 13.6. The van der Waals surface area contributed by atoms with Crippen LogP contribution in [-0.4, -0.2) is 72.6 Å². The lowest BCUT2D eigenvalue weighted by Crippen LogP contribution is -2.53. The van der Waals surface area contributed by atoms with Crippen molar-refractivity contribution in [2.24, 2.45) is 0 Å². The molecule has 1 aliphatic heterocycles. The van der Waals surface area contributed by atoms with Crippen LogP contribution in [0.3, 0.4) is 0 Å². The van der Waals surface area contributed by atoms with Crippen LogP contribution >= 0.6 is 23.2 Å². The molecule has 1 saturated heterocycles. The highest BCUT2D eigenvalue weighted by atomic mass is 35.5. The van der Waals surface area contributed by atoms with Crippen LogP contribution in [0.1, 0.15) is 44.1 Å². The minimum Gasteiger partial charge on any atom is -0.412 e. The van der Waals surface area contributed by atoms with Crippen LogP contribution < -0.4 is 0 Å². The minimum absolute atomic E-state index is 0. The van der Waals surface area contributed by atoms with Gasteiger partial charge < -0.3 is 10.4 Å². The monoisotopic (exact) mass is 482 g/mol. The number of likely N-dealkylation sites (tertiary alicyclic amines) is 1. The van der Waals surface area contributed by atoms with Gasteiger partial charge in [-0.2, -0.15) is 8.42 Å². The third-order valence-corrected chi connectivity index (χ3v) is 6.27. The fourth-order valence-corrected chi connectivity index (χ4v) is 4.50. The number of benzene rings is 1. The number of rotatable bonds is 4. The molecule has 30 heavy (non-hydrogen) atoms. The van der Waals surface area contributed by atoms with Crippen LogP contribution in [0.4, 0.5) is 0 Å². The van der Waals surface area contributed by atoms with Crippen LogP contribution in [0.15, 0.2) is 18.2 Å². The predicted octanol–water partition coefficient (Wildman–Crippen LogP) is 3.08. The van der Waals surface area contributed by atoms with Gasteiger partial charge in [-0.1, -0.05) is 42.1 Å². The van der Waals surface area contributed by atoms with Crippen LogP contribution in [0, 0.1) is 0 Å². The first-order valence-electron chi connectivity index (χ1n) is 9.92. The van der Waals surface area contributed by atoms with Gasteiger partial charge in [-0.15, -0.1) is 0 Å². The maximum absolute atomic E-state index is 12.8. The summed E-state index contributed by atoms with van der Waals surface area (Å²) in [5.74, 6) is 0.171. The Bertz CT molecular complexity index is 792. The molecule has 172 valence electrons. The highest BCUT2D eigenvalue weighted by Crippen LogP contribution is 2.29. The van der Waals surface area contributed by atoms with Crippen LogP contribution in [0.5, 0.6) is 0 Å². The summed E-state index contributed by atoms with van der Waals surface area (Å²) >= 11 is 12.0. The Balaban J connectivity index is 0.000000674. The smallest absolute Gasteiger partial charge is 0.261 e. The van der Waals surface area contributed by atoms with Crippen molar-refractivity contribution in [3.05, 3.63) is 33.8 Å². The lowest BCUT2D eigenvalue weighted by Gasteiger charge is -2.42. The summed E-state index contributed by atoms with van der Waals surface area (Å²) in [5, 5.41) is 1.04. The molecule has 0 unspecified atom stereocenters. The molecule has 7 nitrogen and oxygen atoms in total. The highest BCUT2D eigenvalue weighted by molar-refractivity contribution is 7.85. The van der Waals surface area contributed by atoms with Crippen molar-refractivity contribution in [2.45, 2.75) is 57.0 Å². The van der Waals surface area contributed by atoms with Gasteiger partial charge in [0.1, 0.15) is 0 Å². The Morgan fingerprint density at radius 1 is 1.13 bits per heavy atom. The van der Waals surface area contributed by atoms with E-state index in [0.29, 0.717) is 34.8 Å². The van der Waals surface area contributed by atoms with E-state index < -0.39 is 10.1 Å². The van der Waals surface area contributed by atoms with Gasteiger partial charge in [-0.05, 0) is 56.5 Å². The first-order valence-corrected chi connectivity index (χ1v) is 12.5. The van der Waals surface area contributed by atoms with E-state index >= 15 is 0 Å². The predicted molar refractivity (Wildman–Crippen MR) is 121 cm³/mol. The van der Waals surface area contributed by atoms with E-state index in [2.05, 4.69) is 4.90 Å². The van der Waals surface area contributed by atoms with E-state index in [1.807, 2.05) is 18.0 Å². The molecule has 1 aromatic carbocycles. The van der Waals surface area contributed by atoms with Gasteiger partial charge in [-0.3, -0.25) is 14.2 Å². The SMILES string of the molecule is CN(C(=O)Cc1ccc(Cl)c(Cl)c1)[C@@H]1CCCC[C@H]1N1CCCC1.CS(=O)(=O)O.O. The number of carbonyl (C=O) groups is 1. The molecule has 3 rings (SSSR count). The maximum atomic E-state index is 12.8. The summed E-state index contributed by atoms with van der Waals surface area (Å²) in [6.07, 6.45) is 8.53. The maximum Gasteiger partial charge on any atom is 0.261 e. The molecule has 1 heterocycles. The van der Waals surface area contributed by atoms with Gasteiger partial charge >= 0.3 is 0 Å². The molecule has 2 aliphatic rings. The summed E-state index contributed by atoms with van der Waals surface area (Å²) in [7, 11) is -1.70. The molecule has 0 spiro atoms. The van der Waals surface area contributed by atoms with E-state index in [1.165, 1.54) is 45.2 Å². The summed E-state index contributed by atoms with van der Waals surface area (Å²) in [6.45, 7) is 2.38. The van der Waals surface area contributed by atoms with Gasteiger partial charge in [0, 0.05) is 19.1 Å². The summed E-state index contributed by atoms with van der Waals surface area (Å²) in [4.78, 5) is 17.4. The second-order valence-electron chi connectivity index (χ2n) is 7.83. The molecule has 1 aromatic rings. The van der Waals surface area contributed by atoms with Crippen molar-refractivity contribution in [2.75, 3.05) is 26.4 Å². The zero-order chi connectivity index (χ0) is 21.6. The minimum atomic E-state index is -3.67. The number of amides is 1. The van der Waals surface area contributed by atoms with E-state index in [9.17, 15) is 13.2 Å². The second kappa shape index (κ2) is 12.2. The third kappa shape index (κ3) is 8.69. The van der Waals surface area contributed by atoms with Crippen molar-refractivity contribution in [1.82, 2.24) is 9.80 Å². The zero-order valence-corrected chi connectivity index (χ0v) is 19.8. The summed E-state index contributed by atoms with van der Waals surface area (Å²) < 4.78 is 25.9. The van der Waals surface area contributed by atoms with Gasteiger partial charge in [-0.25, -0.2) is 0 Å². The Hall–Kier alpha value is -0.900. The number of carbonyl (C=O) groups excluding carboxylic acids is 1. The first kappa shape index (κ1) is 27.1. The largest absolute Gasteiger partial charge is 0.412 e. The molecule has 3 N–H and O–H groups in total. The molecule has 0 bridgehead atoms. The molecule has 2 fully saturated rings. The highest BCUT2D eigenvalue weighted by Gasteiger charge is 2.35. The fraction of sp³-hybridized carbons (Fsp3) is 0.650. The van der Waals surface area contributed by atoms with E-state index in [-0.39, 0.29) is 11.4 Å². The van der Waals surface area contributed by atoms with Crippen LogP contribution in [0.25, 0.3) is 0 Å². The average molecular weight is 483 g/mol. The zero-order valence-electron chi connectivity index (χ0n) is 17.5. The summed E-state index contributed by atoms with van der Waals surface area (Å²) in [6, 6.07) is 6.32. The Labute approximate surface area is 189 Å². The molecule has 0 radical (unpaired) electrons. The molecular formula is C20H32Cl2N2O5S. The molecular weight excluding hydrogens is 451 g/mol. The average Bonchev–Trinajstić information content (AvgIpc) is 3.17. The Morgan fingerprint density at radius 3 is 2.27 bits per heavy atom. The van der Waals surface area contributed by atoms with Gasteiger partial charge in [0.05, 0.1) is 22.7 Å². The van der Waals surface area contributed by atoms with E-state index in [0.717, 1.165) is 12.0 Å². The standard InChI is InChI=1S/C19H26Cl2N2O.CH4O3S.H2O/c1-22(19(24)13-14-8-9-15(20)16(21)12-14)17-6-2-3-7-18(17)23-10-4-5-11-23;1-5(2,3)4;/h8-9,12,17-18H,2-7,10-11,13H2,1H3;1H3,(H,2,3,4);1H2/t17-,18-;;/m1../s1. The van der Waals surface area contributed by atoms with E-state index in [4.69, 9.17) is 27.8 Å². The molecule has 1 aliphatic carbocycles. The van der Waals surface area contributed by atoms with Gasteiger partial charge in [0.15, 0.2) is 0 Å². The molecule has 2 atom stereocenters. The van der Waals surface area contributed by atoms with Crippen molar-refractivity contribution < 1.29 is 23.2 Å². The van der Waals surface area contributed by atoms with Gasteiger partial charge in [0.25, 0.3) is 10.1 Å². The second-order valence-corrected chi connectivity index (χ2v) is 10.1. The number of likely N-dealkylation sites (N-methyl/N-ethyl adjacent to an activating group) is 1. The fourth-order valence-electron chi connectivity index (χ4n) is 4.18. The van der Waals surface area contributed by atoms with Crippen molar-refractivity contribution in [3.63, 3.8) is 0 Å². The topological polar surface area (TPSA) is 109 Å². The third-order valence-electron chi connectivity index (χ3n) is 5.53. The summed E-state index contributed by atoms with van der Waals surface area (Å²) in [5.41, 5.74) is 0.926. The normalized spacial score (nSPS) is 21.9. The number of hydrogen-bond acceptors (Lipinski definition) is 4. The van der Waals surface area contributed by atoms with E-state index in [1.54, 1.807) is 12.1 Å². The molecule has 0 aromatic heterocycles. The van der Waals surface area contributed by atoms with Crippen molar-refractivity contribution >= 4 is 39.2 Å². The quantitative estimate of drug-likeness (QED) is 0.662. The van der Waals surface area contributed by atoms with Crippen molar-refractivity contribution in [1.29, 1.82) is 0 Å². The van der Waals surface area contributed by atoms with Crippen molar-refractivity contribution in [3.8, 4) is 0 Å². The number of halogens is 2. The number of hydrogen-bond donors (Lipinski definition) is 1. The molecule has 1 amide bonds. The Kier molecular flexibility index (Phi) is 11.0. The lowest BCUT2D eigenvalue weighted by atomic mass is 9.88. The molecule has 10 heteroatoms. The number of nitrogens with zero attached hydrogens (tertiary/aromatic N) is 2. The van der Waals surface area contributed by atoms with Crippen LogP contribution in [0.2, 0.25) is 10.0 Å². The molecule has 1 saturated carbocycles.